The highest BCUT2D eigenvalue weighted by Gasteiger charge is 2.53. The van der Waals surface area contributed by atoms with Crippen molar-refractivity contribution >= 4 is 5.97 Å². The summed E-state index contributed by atoms with van der Waals surface area (Å²) >= 11 is 0. The summed E-state index contributed by atoms with van der Waals surface area (Å²) in [5.74, 6) is -0.546. The van der Waals surface area contributed by atoms with E-state index >= 15 is 0 Å². The molecule has 0 unspecified atom stereocenters. The normalized spacial score (nSPS) is 17.2. The zero-order valence-corrected chi connectivity index (χ0v) is 9.79. The first kappa shape index (κ1) is 11.0. The summed E-state index contributed by atoms with van der Waals surface area (Å²) in [5.41, 5.74) is 2.56. The van der Waals surface area contributed by atoms with Gasteiger partial charge in [-0.2, -0.15) is 0 Å². The molecule has 0 spiro atoms. The third kappa shape index (κ3) is 1.31. The van der Waals surface area contributed by atoms with Crippen LogP contribution in [0.3, 0.4) is 0 Å². The van der Waals surface area contributed by atoms with Crippen LogP contribution in [0.2, 0.25) is 0 Å². The van der Waals surface area contributed by atoms with Crippen molar-refractivity contribution in [2.75, 3.05) is 0 Å². The largest absolute Gasteiger partial charge is 0.507 e. The van der Waals surface area contributed by atoms with E-state index in [4.69, 9.17) is 0 Å². The van der Waals surface area contributed by atoms with E-state index in [0.29, 0.717) is 12.8 Å². The van der Waals surface area contributed by atoms with Crippen LogP contribution < -0.4 is 0 Å². The van der Waals surface area contributed by atoms with Crippen molar-refractivity contribution in [3.63, 3.8) is 0 Å². The highest BCUT2D eigenvalue weighted by atomic mass is 16.4. The molecule has 16 heavy (non-hydrogen) atoms. The molecule has 0 aliphatic heterocycles. The van der Waals surface area contributed by atoms with Gasteiger partial charge < -0.3 is 10.2 Å². The molecule has 1 aliphatic rings. The van der Waals surface area contributed by atoms with Crippen molar-refractivity contribution in [2.24, 2.45) is 0 Å². The highest BCUT2D eigenvalue weighted by molar-refractivity contribution is 5.86. The van der Waals surface area contributed by atoms with Crippen LogP contribution in [-0.4, -0.2) is 16.2 Å². The predicted molar refractivity (Wildman–Crippen MR) is 60.9 cm³/mol. The molecular formula is C13H16O3. The molecule has 1 aliphatic carbocycles. The molecule has 0 aromatic heterocycles. The van der Waals surface area contributed by atoms with Crippen molar-refractivity contribution in [3.8, 4) is 5.75 Å². The maximum absolute atomic E-state index is 11.3. The number of carboxylic acids is 1. The number of aliphatic carboxylic acids is 1. The minimum atomic E-state index is -0.776. The van der Waals surface area contributed by atoms with Crippen LogP contribution in [0.4, 0.5) is 0 Å². The molecule has 0 bridgehead atoms. The second-order valence-corrected chi connectivity index (χ2v) is 4.75. The van der Waals surface area contributed by atoms with E-state index in [0.717, 1.165) is 22.3 Å². The maximum atomic E-state index is 11.3. The van der Waals surface area contributed by atoms with Gasteiger partial charge in [-0.15, -0.1) is 0 Å². The van der Waals surface area contributed by atoms with E-state index in [2.05, 4.69) is 0 Å². The summed E-state index contributed by atoms with van der Waals surface area (Å²) in [6, 6.07) is 1.86. The summed E-state index contributed by atoms with van der Waals surface area (Å²) in [5, 5.41) is 19.2. The first-order chi connectivity index (χ1) is 7.40. The molecule has 86 valence electrons. The molecule has 0 amide bonds. The maximum Gasteiger partial charge on any atom is 0.314 e. The lowest BCUT2D eigenvalue weighted by atomic mass is 9.86. The number of phenols is 1. The average Bonchev–Trinajstić information content (AvgIpc) is 2.96. The fourth-order valence-corrected chi connectivity index (χ4v) is 2.61. The van der Waals surface area contributed by atoms with Gasteiger partial charge in [-0.3, -0.25) is 4.79 Å². The van der Waals surface area contributed by atoms with Crippen LogP contribution in [0.5, 0.6) is 5.75 Å². The third-order valence-corrected chi connectivity index (χ3v) is 3.57. The average molecular weight is 220 g/mol. The summed E-state index contributed by atoms with van der Waals surface area (Å²) in [4.78, 5) is 11.3. The molecule has 3 heteroatoms. The van der Waals surface area contributed by atoms with E-state index in [9.17, 15) is 15.0 Å². The Hall–Kier alpha value is -1.51. The van der Waals surface area contributed by atoms with Gasteiger partial charge in [-0.25, -0.2) is 0 Å². The molecule has 1 aromatic rings. The molecule has 1 saturated carbocycles. The van der Waals surface area contributed by atoms with Gasteiger partial charge in [0.1, 0.15) is 5.75 Å². The molecular weight excluding hydrogens is 204 g/mol. The number of hydrogen-bond donors (Lipinski definition) is 2. The second-order valence-electron chi connectivity index (χ2n) is 4.75. The molecule has 2 N–H and O–H groups in total. The zero-order chi connectivity index (χ0) is 12.1. The number of benzene rings is 1. The van der Waals surface area contributed by atoms with Crippen molar-refractivity contribution in [1.82, 2.24) is 0 Å². The van der Waals surface area contributed by atoms with Gasteiger partial charge in [0, 0.05) is 0 Å². The van der Waals surface area contributed by atoms with Gasteiger partial charge in [0.25, 0.3) is 0 Å². The zero-order valence-electron chi connectivity index (χ0n) is 9.79. The van der Waals surface area contributed by atoms with E-state index < -0.39 is 11.4 Å². The summed E-state index contributed by atoms with van der Waals surface area (Å²) in [6.45, 7) is 5.55. The fraction of sp³-hybridized carbons (Fsp3) is 0.462. The lowest BCUT2D eigenvalue weighted by molar-refractivity contribution is -0.140. The van der Waals surface area contributed by atoms with Gasteiger partial charge >= 0.3 is 5.97 Å². The van der Waals surface area contributed by atoms with Crippen LogP contribution in [0.25, 0.3) is 0 Å². The number of aryl methyl sites for hydroxylation is 2. The van der Waals surface area contributed by atoms with Crippen LogP contribution in [0.1, 0.15) is 35.1 Å². The quantitative estimate of drug-likeness (QED) is 0.804. The molecule has 2 rings (SSSR count). The molecule has 0 heterocycles. The Morgan fingerprint density at radius 2 is 1.81 bits per heavy atom. The van der Waals surface area contributed by atoms with E-state index in [1.807, 2.05) is 19.9 Å². The number of carbonyl (C=O) groups is 1. The van der Waals surface area contributed by atoms with Gasteiger partial charge in [0.15, 0.2) is 0 Å². The lowest BCUT2D eigenvalue weighted by Gasteiger charge is -2.19. The van der Waals surface area contributed by atoms with Crippen molar-refractivity contribution in [1.29, 1.82) is 0 Å². The van der Waals surface area contributed by atoms with Gasteiger partial charge in [0.05, 0.1) is 5.41 Å². The van der Waals surface area contributed by atoms with E-state index in [1.165, 1.54) is 0 Å². The molecule has 0 saturated heterocycles. The first-order valence-electron chi connectivity index (χ1n) is 5.44. The number of hydrogen-bond acceptors (Lipinski definition) is 2. The number of phenolic OH excluding ortho intramolecular Hbond substituents is 1. The third-order valence-electron chi connectivity index (χ3n) is 3.57. The van der Waals surface area contributed by atoms with Crippen molar-refractivity contribution in [2.45, 2.75) is 39.0 Å². The number of aromatic hydroxyl groups is 1. The van der Waals surface area contributed by atoms with E-state index in [-0.39, 0.29) is 5.75 Å². The number of carboxylic acid groups (broad SMARTS) is 1. The second kappa shape index (κ2) is 3.24. The Morgan fingerprint density at radius 3 is 2.25 bits per heavy atom. The molecule has 1 aromatic carbocycles. The Morgan fingerprint density at radius 1 is 1.25 bits per heavy atom. The Labute approximate surface area is 94.7 Å². The fourth-order valence-electron chi connectivity index (χ4n) is 2.61. The van der Waals surface area contributed by atoms with Gasteiger partial charge in [-0.1, -0.05) is 6.07 Å². The van der Waals surface area contributed by atoms with Gasteiger partial charge in [-0.05, 0) is 55.9 Å². The highest BCUT2D eigenvalue weighted by Crippen LogP contribution is 2.52. The minimum Gasteiger partial charge on any atom is -0.507 e. The molecule has 0 radical (unpaired) electrons. The standard InChI is InChI=1S/C13H16O3/c1-7-6-8(2)11(14)9(3)10(7)13(4-5-13)12(15)16/h6,14H,4-5H2,1-3H3,(H,15,16). The van der Waals surface area contributed by atoms with Gasteiger partial charge in [0.2, 0.25) is 0 Å². The topological polar surface area (TPSA) is 57.5 Å². The van der Waals surface area contributed by atoms with E-state index in [1.54, 1.807) is 6.92 Å². The SMILES string of the molecule is Cc1cc(C)c(C2(C(=O)O)CC2)c(C)c1O. The summed E-state index contributed by atoms with van der Waals surface area (Å²) in [7, 11) is 0. The van der Waals surface area contributed by atoms with Crippen molar-refractivity contribution in [3.05, 3.63) is 28.3 Å². The first-order valence-corrected chi connectivity index (χ1v) is 5.44. The van der Waals surface area contributed by atoms with Crippen LogP contribution >= 0.6 is 0 Å². The Kier molecular flexibility index (Phi) is 2.22. The smallest absolute Gasteiger partial charge is 0.314 e. The molecule has 1 fully saturated rings. The minimum absolute atomic E-state index is 0.230. The monoisotopic (exact) mass is 220 g/mol. The van der Waals surface area contributed by atoms with Crippen LogP contribution in [0.15, 0.2) is 6.07 Å². The van der Waals surface area contributed by atoms with Crippen molar-refractivity contribution < 1.29 is 15.0 Å². The van der Waals surface area contributed by atoms with Crippen LogP contribution in [-0.2, 0) is 10.2 Å². The summed E-state index contributed by atoms with van der Waals surface area (Å²) < 4.78 is 0. The Bertz CT molecular complexity index is 471. The lowest BCUT2D eigenvalue weighted by Crippen LogP contribution is -2.22. The number of rotatable bonds is 2. The molecule has 3 nitrogen and oxygen atoms in total. The van der Waals surface area contributed by atoms with Crippen LogP contribution in [0, 0.1) is 20.8 Å². The molecule has 0 atom stereocenters. The predicted octanol–water partition coefficient (Wildman–Crippen LogP) is 2.43. The Balaban J connectivity index is 2.67. The summed E-state index contributed by atoms with van der Waals surface area (Å²) in [6.07, 6.45) is 1.35.